The van der Waals surface area contributed by atoms with Gasteiger partial charge in [-0.25, -0.2) is 0 Å². The van der Waals surface area contributed by atoms with Crippen LogP contribution in [-0.4, -0.2) is 17.3 Å². The van der Waals surface area contributed by atoms with Crippen molar-refractivity contribution >= 4 is 23.4 Å². The van der Waals surface area contributed by atoms with E-state index in [0.717, 1.165) is 10.5 Å². The van der Waals surface area contributed by atoms with Crippen molar-refractivity contribution in [3.05, 3.63) is 23.8 Å². The maximum Gasteiger partial charge on any atom is 0.303 e. The molecule has 4 heteroatoms. The van der Waals surface area contributed by atoms with Gasteiger partial charge in [0.15, 0.2) is 0 Å². The van der Waals surface area contributed by atoms with Crippen LogP contribution in [0.5, 0.6) is 0 Å². The Balaban J connectivity index is 2.73. The smallest absolute Gasteiger partial charge is 0.303 e. The van der Waals surface area contributed by atoms with Crippen LogP contribution in [0.2, 0.25) is 0 Å². The van der Waals surface area contributed by atoms with E-state index >= 15 is 0 Å². The number of rotatable bonds is 4. The third kappa shape index (κ3) is 2.96. The summed E-state index contributed by atoms with van der Waals surface area (Å²) in [6, 6.07) is 5.73. The molecule has 0 aliphatic carbocycles. The van der Waals surface area contributed by atoms with Crippen LogP contribution in [-0.2, 0) is 11.2 Å². The van der Waals surface area contributed by atoms with Crippen molar-refractivity contribution in [1.82, 2.24) is 0 Å². The van der Waals surface area contributed by atoms with Gasteiger partial charge < -0.3 is 10.8 Å². The van der Waals surface area contributed by atoms with Crippen LogP contribution in [0.4, 0.5) is 5.69 Å². The number of aryl methyl sites for hydroxylation is 1. The fourth-order valence-electron chi connectivity index (χ4n) is 1.17. The first kappa shape index (κ1) is 10.9. The third-order valence-corrected chi connectivity index (χ3v) is 2.69. The monoisotopic (exact) mass is 211 g/mol. The number of hydrogen-bond acceptors (Lipinski definition) is 3. The molecule has 0 saturated heterocycles. The van der Waals surface area contributed by atoms with Gasteiger partial charge in [-0.1, -0.05) is 6.07 Å². The molecule has 0 aromatic heterocycles. The molecule has 0 radical (unpaired) electrons. The van der Waals surface area contributed by atoms with E-state index in [9.17, 15) is 4.79 Å². The summed E-state index contributed by atoms with van der Waals surface area (Å²) in [5.74, 6) is -0.793. The molecule has 0 aliphatic rings. The number of carboxylic acids is 1. The number of thioether (sulfide) groups is 1. The summed E-state index contributed by atoms with van der Waals surface area (Å²) >= 11 is 1.62. The first-order valence-electron chi connectivity index (χ1n) is 4.27. The van der Waals surface area contributed by atoms with Crippen molar-refractivity contribution in [2.75, 3.05) is 12.0 Å². The fourth-order valence-corrected chi connectivity index (χ4v) is 1.62. The zero-order valence-electron chi connectivity index (χ0n) is 7.99. The van der Waals surface area contributed by atoms with Crippen molar-refractivity contribution in [3.63, 3.8) is 0 Å². The lowest BCUT2D eigenvalue weighted by molar-refractivity contribution is -0.136. The van der Waals surface area contributed by atoms with Crippen molar-refractivity contribution < 1.29 is 9.90 Å². The maximum atomic E-state index is 10.4. The first-order chi connectivity index (χ1) is 6.63. The Bertz CT molecular complexity index is 339. The Kier molecular flexibility index (Phi) is 3.83. The largest absolute Gasteiger partial charge is 0.481 e. The molecule has 3 nitrogen and oxygen atoms in total. The quantitative estimate of drug-likeness (QED) is 0.590. The number of benzene rings is 1. The zero-order valence-corrected chi connectivity index (χ0v) is 8.80. The molecule has 1 rings (SSSR count). The number of aliphatic carboxylic acids is 1. The lowest BCUT2D eigenvalue weighted by Gasteiger charge is -2.05. The number of nitrogen functional groups attached to an aromatic ring is 1. The van der Waals surface area contributed by atoms with Gasteiger partial charge in [0.25, 0.3) is 0 Å². The van der Waals surface area contributed by atoms with Gasteiger partial charge in [-0.2, -0.15) is 0 Å². The Morgan fingerprint density at radius 2 is 2.29 bits per heavy atom. The highest BCUT2D eigenvalue weighted by Gasteiger charge is 2.03. The molecular weight excluding hydrogens is 198 g/mol. The molecule has 0 saturated carbocycles. The third-order valence-electron chi connectivity index (χ3n) is 1.96. The van der Waals surface area contributed by atoms with Gasteiger partial charge in [0, 0.05) is 17.0 Å². The summed E-state index contributed by atoms with van der Waals surface area (Å²) in [4.78, 5) is 11.5. The Labute approximate surface area is 87.3 Å². The van der Waals surface area contributed by atoms with Crippen LogP contribution in [0.3, 0.4) is 0 Å². The van der Waals surface area contributed by atoms with Crippen molar-refractivity contribution in [1.29, 1.82) is 0 Å². The lowest BCUT2D eigenvalue weighted by Crippen LogP contribution is -2.00. The van der Waals surface area contributed by atoms with Crippen molar-refractivity contribution in [2.45, 2.75) is 17.7 Å². The molecule has 14 heavy (non-hydrogen) atoms. The minimum atomic E-state index is -0.793. The van der Waals surface area contributed by atoms with E-state index in [4.69, 9.17) is 10.8 Å². The summed E-state index contributed by atoms with van der Waals surface area (Å²) in [5, 5.41) is 8.52. The first-order valence-corrected chi connectivity index (χ1v) is 5.50. The van der Waals surface area contributed by atoms with Gasteiger partial charge in [0.05, 0.1) is 0 Å². The predicted molar refractivity (Wildman–Crippen MR) is 58.6 cm³/mol. The minimum Gasteiger partial charge on any atom is -0.481 e. The van der Waals surface area contributed by atoms with Crippen LogP contribution in [0.1, 0.15) is 12.0 Å². The van der Waals surface area contributed by atoms with Gasteiger partial charge in [-0.05, 0) is 30.4 Å². The highest BCUT2D eigenvalue weighted by atomic mass is 32.2. The van der Waals surface area contributed by atoms with Gasteiger partial charge in [0.2, 0.25) is 0 Å². The van der Waals surface area contributed by atoms with Gasteiger partial charge in [-0.15, -0.1) is 11.8 Å². The molecule has 3 N–H and O–H groups in total. The van der Waals surface area contributed by atoms with Crippen molar-refractivity contribution in [2.24, 2.45) is 0 Å². The summed E-state index contributed by atoms with van der Waals surface area (Å²) < 4.78 is 0. The molecule has 0 bridgehead atoms. The lowest BCUT2D eigenvalue weighted by atomic mass is 10.1. The van der Waals surface area contributed by atoms with E-state index in [-0.39, 0.29) is 6.42 Å². The summed E-state index contributed by atoms with van der Waals surface area (Å²) in [6.45, 7) is 0. The highest BCUT2D eigenvalue weighted by Crippen LogP contribution is 2.21. The average Bonchev–Trinajstić information content (AvgIpc) is 2.15. The maximum absolute atomic E-state index is 10.4. The SMILES string of the molecule is CSc1ccc(CCC(=O)O)c(N)c1. The molecule has 0 fully saturated rings. The molecular formula is C10H13NO2S. The Hall–Kier alpha value is -1.16. The average molecular weight is 211 g/mol. The number of nitrogens with two attached hydrogens (primary N) is 1. The Morgan fingerprint density at radius 1 is 1.57 bits per heavy atom. The van der Waals surface area contributed by atoms with Crippen LogP contribution in [0.25, 0.3) is 0 Å². The molecule has 0 unspecified atom stereocenters. The molecule has 1 aromatic rings. The number of carboxylic acid groups (broad SMARTS) is 1. The second-order valence-corrected chi connectivity index (χ2v) is 3.84. The summed E-state index contributed by atoms with van der Waals surface area (Å²) in [6.07, 6.45) is 2.60. The van der Waals surface area contributed by atoms with E-state index in [1.165, 1.54) is 0 Å². The van der Waals surface area contributed by atoms with Gasteiger partial charge >= 0.3 is 5.97 Å². The van der Waals surface area contributed by atoms with Crippen LogP contribution < -0.4 is 5.73 Å². The molecule has 0 amide bonds. The topological polar surface area (TPSA) is 63.3 Å². The number of hydrogen-bond donors (Lipinski definition) is 2. The second kappa shape index (κ2) is 4.91. The van der Waals surface area contributed by atoms with Crippen molar-refractivity contribution in [3.8, 4) is 0 Å². The van der Waals surface area contributed by atoms with E-state index in [0.29, 0.717) is 12.1 Å². The van der Waals surface area contributed by atoms with Crippen LogP contribution in [0, 0.1) is 0 Å². The standard InChI is InChI=1S/C10H13NO2S/c1-14-8-4-2-7(9(11)6-8)3-5-10(12)13/h2,4,6H,3,5,11H2,1H3,(H,12,13). The molecule has 1 aromatic carbocycles. The number of anilines is 1. The minimum absolute atomic E-state index is 0.128. The van der Waals surface area contributed by atoms with Crippen LogP contribution >= 0.6 is 11.8 Å². The van der Waals surface area contributed by atoms with E-state index in [1.807, 2.05) is 24.5 Å². The van der Waals surface area contributed by atoms with E-state index < -0.39 is 5.97 Å². The molecule has 76 valence electrons. The molecule has 0 atom stereocenters. The summed E-state index contributed by atoms with van der Waals surface area (Å²) in [7, 11) is 0. The number of carbonyl (C=O) groups is 1. The van der Waals surface area contributed by atoms with Crippen LogP contribution in [0.15, 0.2) is 23.1 Å². The van der Waals surface area contributed by atoms with E-state index in [2.05, 4.69) is 0 Å². The molecule has 0 aliphatic heterocycles. The van der Waals surface area contributed by atoms with Gasteiger partial charge in [0.1, 0.15) is 0 Å². The highest BCUT2D eigenvalue weighted by molar-refractivity contribution is 7.98. The van der Waals surface area contributed by atoms with Gasteiger partial charge in [-0.3, -0.25) is 4.79 Å². The Morgan fingerprint density at radius 3 is 2.79 bits per heavy atom. The predicted octanol–water partition coefficient (Wildman–Crippen LogP) is 2.01. The molecule has 0 spiro atoms. The normalized spacial score (nSPS) is 10.1. The fraction of sp³-hybridized carbons (Fsp3) is 0.300. The molecule has 0 heterocycles. The zero-order chi connectivity index (χ0) is 10.6. The summed E-state index contributed by atoms with van der Waals surface area (Å²) in [5.41, 5.74) is 7.36. The second-order valence-electron chi connectivity index (χ2n) is 2.96. The van der Waals surface area contributed by atoms with E-state index in [1.54, 1.807) is 11.8 Å².